The van der Waals surface area contributed by atoms with Crippen molar-refractivity contribution in [2.75, 3.05) is 32.0 Å². The lowest BCUT2D eigenvalue weighted by Gasteiger charge is -2.14. The van der Waals surface area contributed by atoms with E-state index in [1.165, 1.54) is 0 Å². The first-order valence-electron chi connectivity index (χ1n) is 11.5. The van der Waals surface area contributed by atoms with E-state index in [4.69, 9.17) is 43.9 Å². The number of unbranched alkanes of at least 4 members (excludes halogenated alkanes) is 3. The van der Waals surface area contributed by atoms with Gasteiger partial charge in [-0.05, 0) is 49.2 Å². The largest absolute Gasteiger partial charge is 0.478 e. The number of carboxylic acids is 2. The highest BCUT2D eigenvalue weighted by molar-refractivity contribution is 6.38. The molecule has 0 bridgehead atoms. The molecule has 1 aromatic heterocycles. The van der Waals surface area contributed by atoms with E-state index in [-0.39, 0.29) is 0 Å². The number of hydrogen-bond acceptors (Lipinski definition) is 7. The van der Waals surface area contributed by atoms with E-state index in [0.29, 0.717) is 40.0 Å². The molecule has 0 aliphatic heterocycles. The molecule has 1 aromatic carbocycles. The van der Waals surface area contributed by atoms with Crippen LogP contribution in [0.5, 0.6) is 0 Å². The number of aliphatic carboxylic acids is 2. The molecule has 2 aromatic rings. The maximum atomic E-state index is 10.2. The van der Waals surface area contributed by atoms with Gasteiger partial charge in [0.1, 0.15) is 0 Å². The van der Waals surface area contributed by atoms with Crippen molar-refractivity contribution in [3.63, 3.8) is 0 Å². The Kier molecular flexibility index (Phi) is 16.2. The Balaban J connectivity index is 0.000000697. The van der Waals surface area contributed by atoms with E-state index in [9.17, 15) is 14.7 Å². The van der Waals surface area contributed by atoms with Crippen LogP contribution in [0.15, 0.2) is 48.7 Å². The third-order valence-corrected chi connectivity index (χ3v) is 5.44. The van der Waals surface area contributed by atoms with E-state index < -0.39 is 18.0 Å². The molecule has 0 aliphatic carbocycles. The molecule has 6 N–H and O–H groups in total. The Morgan fingerprint density at radius 2 is 1.67 bits per heavy atom. The van der Waals surface area contributed by atoms with E-state index in [2.05, 4.69) is 10.3 Å². The van der Waals surface area contributed by atoms with Crippen LogP contribution < -0.4 is 11.1 Å². The van der Waals surface area contributed by atoms with Crippen LogP contribution in [0.2, 0.25) is 10.0 Å². The number of rotatable bonds is 15. The summed E-state index contributed by atoms with van der Waals surface area (Å²) in [6.07, 6.45) is 7.51. The minimum atomic E-state index is -1.26. The monoisotopic (exact) mass is 541 g/mol. The number of hydrogen-bond donors (Lipinski definition) is 5. The summed E-state index contributed by atoms with van der Waals surface area (Å²) in [5, 5.41) is 29.8. The summed E-state index contributed by atoms with van der Waals surface area (Å²) >= 11 is 12.0. The maximum Gasteiger partial charge on any atom is 0.328 e. The van der Waals surface area contributed by atoms with Gasteiger partial charge in [-0.2, -0.15) is 0 Å². The smallest absolute Gasteiger partial charge is 0.328 e. The Bertz CT molecular complexity index is 921. The van der Waals surface area contributed by atoms with Gasteiger partial charge in [-0.25, -0.2) is 9.59 Å². The summed E-state index contributed by atoms with van der Waals surface area (Å²) in [6.45, 7) is 2.81. The first-order valence-corrected chi connectivity index (χ1v) is 12.2. The van der Waals surface area contributed by atoms with Gasteiger partial charge in [0.05, 0.1) is 28.4 Å². The molecule has 0 amide bonds. The van der Waals surface area contributed by atoms with Gasteiger partial charge >= 0.3 is 11.9 Å². The van der Waals surface area contributed by atoms with Crippen LogP contribution >= 0.6 is 23.2 Å². The molecular weight excluding hydrogens is 509 g/mol. The predicted octanol–water partition coefficient (Wildman–Crippen LogP) is 4.13. The van der Waals surface area contributed by atoms with Gasteiger partial charge in [-0.1, -0.05) is 42.1 Å². The third-order valence-electron chi connectivity index (χ3n) is 4.81. The van der Waals surface area contributed by atoms with E-state index in [1.54, 1.807) is 12.1 Å². The molecule has 0 saturated heterocycles. The van der Waals surface area contributed by atoms with Crippen molar-refractivity contribution in [1.82, 2.24) is 10.3 Å². The van der Waals surface area contributed by atoms with Crippen LogP contribution in [0.3, 0.4) is 0 Å². The highest BCUT2D eigenvalue weighted by Gasteiger charge is 2.11. The molecule has 1 atom stereocenters. The molecule has 198 valence electrons. The van der Waals surface area contributed by atoms with Crippen molar-refractivity contribution in [3.8, 4) is 0 Å². The number of nitrogen functional groups attached to an aromatic ring is 1. The molecule has 0 unspecified atom stereocenters. The lowest BCUT2D eigenvalue weighted by Crippen LogP contribution is -2.22. The Hall–Kier alpha value is -2.69. The summed E-state index contributed by atoms with van der Waals surface area (Å²) in [5.74, 6) is -2.51. The van der Waals surface area contributed by atoms with E-state index in [1.807, 2.05) is 24.4 Å². The van der Waals surface area contributed by atoms with Crippen LogP contribution in [0.1, 0.15) is 43.0 Å². The quantitative estimate of drug-likeness (QED) is 0.127. The number of anilines is 1. The average molecular weight is 542 g/mol. The minimum Gasteiger partial charge on any atom is -0.478 e. The van der Waals surface area contributed by atoms with Crippen molar-refractivity contribution < 1.29 is 29.6 Å². The summed E-state index contributed by atoms with van der Waals surface area (Å²) in [6, 6.07) is 9.24. The Labute approximate surface area is 220 Å². The number of carbonyl (C=O) groups is 2. The summed E-state index contributed by atoms with van der Waals surface area (Å²) in [4.78, 5) is 23.4. The van der Waals surface area contributed by atoms with Gasteiger partial charge in [0, 0.05) is 43.6 Å². The molecule has 1 heterocycles. The first kappa shape index (κ1) is 31.3. The van der Waals surface area contributed by atoms with Crippen LogP contribution in [-0.2, 0) is 20.7 Å². The van der Waals surface area contributed by atoms with Crippen LogP contribution in [-0.4, -0.2) is 58.5 Å². The molecule has 0 aliphatic rings. The highest BCUT2D eigenvalue weighted by atomic mass is 35.5. The van der Waals surface area contributed by atoms with Gasteiger partial charge in [0.2, 0.25) is 0 Å². The zero-order valence-electron chi connectivity index (χ0n) is 19.9. The standard InChI is InChI=1S/C21H29Cl2N3O2.C4H4O4/c22-18-13-16(14-19(23)21(18)24)20(27)15-25-9-4-1-2-6-11-28-12-8-17-7-3-5-10-26-17;5-3(6)1-2-4(7)8/h3,5,7,10,13-14,20,25,27H,1-2,4,6,8-9,11-12,15,24H2;1-2H,(H,5,6)(H,7,8)/b;2-1+/t20-;/m0./s1. The molecular formula is C25H33Cl2N3O6. The van der Waals surface area contributed by atoms with Crippen LogP contribution in [0.4, 0.5) is 5.69 Å². The van der Waals surface area contributed by atoms with Gasteiger partial charge in [-0.15, -0.1) is 0 Å². The number of aromatic nitrogens is 1. The number of aliphatic hydroxyl groups excluding tert-OH is 1. The van der Waals surface area contributed by atoms with Crippen molar-refractivity contribution in [2.24, 2.45) is 0 Å². The molecule has 36 heavy (non-hydrogen) atoms. The summed E-state index contributed by atoms with van der Waals surface area (Å²) < 4.78 is 5.65. The minimum absolute atomic E-state index is 0.341. The van der Waals surface area contributed by atoms with E-state index in [0.717, 1.165) is 57.6 Å². The Morgan fingerprint density at radius 3 is 2.25 bits per heavy atom. The molecule has 0 radical (unpaired) electrons. The van der Waals surface area contributed by atoms with Gasteiger partial charge in [0.25, 0.3) is 0 Å². The molecule has 0 fully saturated rings. The van der Waals surface area contributed by atoms with Gasteiger partial charge in [-0.3, -0.25) is 4.98 Å². The Morgan fingerprint density at radius 1 is 1.03 bits per heavy atom. The lowest BCUT2D eigenvalue weighted by atomic mass is 10.1. The predicted molar refractivity (Wildman–Crippen MR) is 140 cm³/mol. The van der Waals surface area contributed by atoms with E-state index >= 15 is 0 Å². The second-order valence-electron chi connectivity index (χ2n) is 7.73. The fourth-order valence-corrected chi connectivity index (χ4v) is 3.43. The third kappa shape index (κ3) is 14.7. The number of halogens is 2. The van der Waals surface area contributed by atoms with Gasteiger partial charge in [0.15, 0.2) is 0 Å². The molecule has 11 heteroatoms. The average Bonchev–Trinajstić information content (AvgIpc) is 2.85. The lowest BCUT2D eigenvalue weighted by molar-refractivity contribution is -0.134. The molecule has 2 rings (SSSR count). The number of nitrogens with one attached hydrogen (secondary N) is 1. The summed E-state index contributed by atoms with van der Waals surface area (Å²) in [5.41, 5.74) is 7.79. The molecule has 0 spiro atoms. The number of nitrogens with zero attached hydrogens (tertiary/aromatic N) is 1. The SMILES string of the molecule is Nc1c(Cl)cc([C@@H](O)CNCCCCCCOCCc2ccccn2)cc1Cl.O=C(O)/C=C/C(=O)O. The topological polar surface area (TPSA) is 155 Å². The fourth-order valence-electron chi connectivity index (χ4n) is 2.93. The number of aliphatic hydroxyl groups is 1. The maximum absolute atomic E-state index is 10.2. The van der Waals surface area contributed by atoms with Crippen molar-refractivity contribution >= 4 is 40.8 Å². The normalized spacial score (nSPS) is 11.6. The number of nitrogens with two attached hydrogens (primary N) is 1. The second-order valence-corrected chi connectivity index (χ2v) is 8.54. The number of pyridine rings is 1. The highest BCUT2D eigenvalue weighted by Crippen LogP contribution is 2.31. The van der Waals surface area contributed by atoms with Crippen LogP contribution in [0, 0.1) is 0 Å². The van der Waals surface area contributed by atoms with Crippen LogP contribution in [0.25, 0.3) is 0 Å². The second kappa shape index (κ2) is 18.6. The molecule has 9 nitrogen and oxygen atoms in total. The van der Waals surface area contributed by atoms with Crippen molar-refractivity contribution in [3.05, 3.63) is 70.0 Å². The van der Waals surface area contributed by atoms with Gasteiger partial charge < -0.3 is 31.1 Å². The number of carboxylic acid groups (broad SMARTS) is 2. The number of benzene rings is 1. The zero-order valence-corrected chi connectivity index (χ0v) is 21.4. The van der Waals surface area contributed by atoms with Crippen molar-refractivity contribution in [2.45, 2.75) is 38.2 Å². The fraction of sp³-hybridized carbons (Fsp3) is 0.400. The zero-order chi connectivity index (χ0) is 26.8. The van der Waals surface area contributed by atoms with Crippen molar-refractivity contribution in [1.29, 1.82) is 0 Å². The number of ether oxygens (including phenoxy) is 1. The molecule has 0 saturated carbocycles. The first-order chi connectivity index (χ1) is 17.2. The summed E-state index contributed by atoms with van der Waals surface area (Å²) in [7, 11) is 0.